The summed E-state index contributed by atoms with van der Waals surface area (Å²) in [5.74, 6) is -0.484. The fourth-order valence-corrected chi connectivity index (χ4v) is 4.27. The van der Waals surface area contributed by atoms with Crippen LogP contribution in [0.5, 0.6) is 5.75 Å². The lowest BCUT2D eigenvalue weighted by molar-refractivity contribution is -0.123. The van der Waals surface area contributed by atoms with Crippen LogP contribution in [0.4, 0.5) is 0 Å². The molecular weight excluding hydrogens is 432 g/mol. The van der Waals surface area contributed by atoms with Crippen molar-refractivity contribution in [2.45, 2.75) is 13.5 Å². The lowest BCUT2D eigenvalue weighted by Gasteiger charge is -2.18. The standard InChI is InChI=1S/C27H20N2O3S/c1-16-10-11-17-6-3-5-9-20(17)23(16)15-32-24-13-12-18-7-2-4-8-19(18)21(24)14-22-25(30)28-27(33)29-26(22)31/h2-14H,15H2,1H3,(H2,28,29,30,31,33). The van der Waals surface area contributed by atoms with Crippen LogP contribution in [0.2, 0.25) is 0 Å². The van der Waals surface area contributed by atoms with Gasteiger partial charge in [-0.05, 0) is 58.4 Å². The molecule has 33 heavy (non-hydrogen) atoms. The Balaban J connectivity index is 1.60. The first-order valence-electron chi connectivity index (χ1n) is 10.5. The van der Waals surface area contributed by atoms with E-state index in [0.29, 0.717) is 17.9 Å². The number of fused-ring (bicyclic) bond motifs is 2. The van der Waals surface area contributed by atoms with E-state index in [0.717, 1.165) is 32.7 Å². The fourth-order valence-electron chi connectivity index (χ4n) is 4.09. The Labute approximate surface area is 196 Å². The maximum absolute atomic E-state index is 12.5. The Morgan fingerprint density at radius 1 is 0.818 bits per heavy atom. The van der Waals surface area contributed by atoms with Crippen molar-refractivity contribution in [2.75, 3.05) is 0 Å². The molecule has 1 saturated heterocycles. The number of hydrogen-bond donors (Lipinski definition) is 2. The van der Waals surface area contributed by atoms with Gasteiger partial charge < -0.3 is 4.74 Å². The zero-order valence-electron chi connectivity index (χ0n) is 17.8. The Morgan fingerprint density at radius 3 is 2.15 bits per heavy atom. The van der Waals surface area contributed by atoms with Crippen LogP contribution in [0.3, 0.4) is 0 Å². The van der Waals surface area contributed by atoms with Crippen molar-refractivity contribution in [2.24, 2.45) is 0 Å². The fraction of sp³-hybridized carbons (Fsp3) is 0.0741. The molecule has 5 rings (SSSR count). The minimum absolute atomic E-state index is 0.00275. The zero-order valence-corrected chi connectivity index (χ0v) is 18.7. The van der Waals surface area contributed by atoms with Gasteiger partial charge in [0.1, 0.15) is 17.9 Å². The minimum atomic E-state index is -0.535. The smallest absolute Gasteiger partial charge is 0.263 e. The molecule has 0 bridgehead atoms. The van der Waals surface area contributed by atoms with Gasteiger partial charge in [0.05, 0.1) is 0 Å². The maximum Gasteiger partial charge on any atom is 0.263 e. The number of rotatable bonds is 4. The third-order valence-corrected chi connectivity index (χ3v) is 6.01. The van der Waals surface area contributed by atoms with E-state index in [1.54, 1.807) is 6.08 Å². The van der Waals surface area contributed by atoms with Gasteiger partial charge in [0, 0.05) is 11.1 Å². The molecule has 0 saturated carbocycles. The predicted molar refractivity (Wildman–Crippen MR) is 134 cm³/mol. The molecule has 2 amide bonds. The lowest BCUT2D eigenvalue weighted by atomic mass is 9.99. The van der Waals surface area contributed by atoms with Crippen LogP contribution in [0.1, 0.15) is 16.7 Å². The molecule has 1 aliphatic rings. The summed E-state index contributed by atoms with van der Waals surface area (Å²) in [6.45, 7) is 2.41. The van der Waals surface area contributed by atoms with Crippen LogP contribution in [-0.2, 0) is 16.2 Å². The lowest BCUT2D eigenvalue weighted by Crippen LogP contribution is -2.51. The molecular formula is C27H20N2O3S. The topological polar surface area (TPSA) is 67.4 Å². The minimum Gasteiger partial charge on any atom is -0.488 e. The number of hydrogen-bond acceptors (Lipinski definition) is 4. The van der Waals surface area contributed by atoms with Crippen LogP contribution in [-0.4, -0.2) is 16.9 Å². The van der Waals surface area contributed by atoms with Crippen LogP contribution in [0.25, 0.3) is 27.6 Å². The molecule has 6 heteroatoms. The SMILES string of the molecule is Cc1ccc2ccccc2c1COc1ccc2ccccc2c1C=C1C(=O)NC(=S)NC1=O. The van der Waals surface area contributed by atoms with Gasteiger partial charge in [-0.1, -0.05) is 66.7 Å². The number of carbonyl (C=O) groups excluding carboxylic acids is 2. The van der Waals surface area contributed by atoms with E-state index in [-0.39, 0.29) is 10.7 Å². The van der Waals surface area contributed by atoms with Gasteiger partial charge in [-0.3, -0.25) is 20.2 Å². The van der Waals surface area contributed by atoms with Crippen molar-refractivity contribution in [1.29, 1.82) is 0 Å². The molecule has 0 atom stereocenters. The van der Waals surface area contributed by atoms with Crippen molar-refractivity contribution in [1.82, 2.24) is 10.6 Å². The zero-order chi connectivity index (χ0) is 22.9. The highest BCUT2D eigenvalue weighted by Gasteiger charge is 2.26. The Kier molecular flexibility index (Phi) is 5.36. The predicted octanol–water partition coefficient (Wildman–Crippen LogP) is 4.79. The highest BCUT2D eigenvalue weighted by molar-refractivity contribution is 7.80. The molecule has 1 fully saturated rings. The second-order valence-electron chi connectivity index (χ2n) is 7.86. The van der Waals surface area contributed by atoms with Gasteiger partial charge in [-0.25, -0.2) is 0 Å². The van der Waals surface area contributed by atoms with E-state index in [4.69, 9.17) is 17.0 Å². The summed E-state index contributed by atoms with van der Waals surface area (Å²) in [7, 11) is 0. The normalized spacial score (nSPS) is 13.7. The Bertz CT molecular complexity index is 1470. The average molecular weight is 453 g/mol. The molecule has 0 spiro atoms. The van der Waals surface area contributed by atoms with Crippen LogP contribution >= 0.6 is 12.2 Å². The summed E-state index contributed by atoms with van der Waals surface area (Å²) in [6.07, 6.45) is 1.57. The summed E-state index contributed by atoms with van der Waals surface area (Å²) in [5.41, 5.74) is 2.87. The number of benzene rings is 4. The molecule has 162 valence electrons. The summed E-state index contributed by atoms with van der Waals surface area (Å²) in [4.78, 5) is 24.9. The third-order valence-electron chi connectivity index (χ3n) is 5.81. The molecule has 0 radical (unpaired) electrons. The van der Waals surface area contributed by atoms with Crippen LogP contribution in [0.15, 0.2) is 78.4 Å². The summed E-state index contributed by atoms with van der Waals surface area (Å²) in [6, 6.07) is 24.0. The Hall–Kier alpha value is -4.03. The molecule has 0 unspecified atom stereocenters. The van der Waals surface area contributed by atoms with Gasteiger partial charge >= 0.3 is 0 Å². The van der Waals surface area contributed by atoms with E-state index in [1.165, 1.54) is 0 Å². The highest BCUT2D eigenvalue weighted by Crippen LogP contribution is 2.32. The van der Waals surface area contributed by atoms with Gasteiger partial charge in [-0.15, -0.1) is 0 Å². The van der Waals surface area contributed by atoms with E-state index in [2.05, 4.69) is 41.8 Å². The number of nitrogens with one attached hydrogen (secondary N) is 2. The monoisotopic (exact) mass is 452 g/mol. The van der Waals surface area contributed by atoms with Crippen molar-refractivity contribution in [3.63, 3.8) is 0 Å². The molecule has 4 aromatic carbocycles. The van der Waals surface area contributed by atoms with Crippen molar-refractivity contribution >= 4 is 56.8 Å². The van der Waals surface area contributed by atoms with Gasteiger partial charge in [0.25, 0.3) is 11.8 Å². The first kappa shape index (κ1) is 20.8. The molecule has 1 heterocycles. The third kappa shape index (κ3) is 3.97. The summed E-state index contributed by atoms with van der Waals surface area (Å²) < 4.78 is 6.32. The molecule has 5 nitrogen and oxygen atoms in total. The van der Waals surface area contributed by atoms with E-state index < -0.39 is 11.8 Å². The second kappa shape index (κ2) is 8.48. The maximum atomic E-state index is 12.5. The Morgan fingerprint density at radius 2 is 1.42 bits per heavy atom. The number of amides is 2. The molecule has 4 aromatic rings. The molecule has 2 N–H and O–H groups in total. The molecule has 0 aliphatic carbocycles. The van der Waals surface area contributed by atoms with Crippen molar-refractivity contribution < 1.29 is 14.3 Å². The average Bonchev–Trinajstić information content (AvgIpc) is 2.81. The largest absolute Gasteiger partial charge is 0.488 e. The van der Waals surface area contributed by atoms with Crippen LogP contribution in [0, 0.1) is 6.92 Å². The van der Waals surface area contributed by atoms with Crippen molar-refractivity contribution in [3.8, 4) is 5.75 Å². The van der Waals surface area contributed by atoms with E-state index in [1.807, 2.05) is 48.5 Å². The number of carbonyl (C=O) groups is 2. The highest BCUT2D eigenvalue weighted by atomic mass is 32.1. The van der Waals surface area contributed by atoms with Gasteiger partial charge in [0.15, 0.2) is 5.11 Å². The number of thiocarbonyl (C=S) groups is 1. The van der Waals surface area contributed by atoms with E-state index >= 15 is 0 Å². The van der Waals surface area contributed by atoms with E-state index in [9.17, 15) is 9.59 Å². The first-order valence-corrected chi connectivity index (χ1v) is 10.9. The van der Waals surface area contributed by atoms with Gasteiger partial charge in [-0.2, -0.15) is 0 Å². The molecule has 0 aromatic heterocycles. The summed E-state index contributed by atoms with van der Waals surface area (Å²) in [5, 5.41) is 9.11. The van der Waals surface area contributed by atoms with Crippen LogP contribution < -0.4 is 15.4 Å². The second-order valence-corrected chi connectivity index (χ2v) is 8.27. The molecule has 1 aliphatic heterocycles. The van der Waals surface area contributed by atoms with Gasteiger partial charge in [0.2, 0.25) is 0 Å². The number of ether oxygens (including phenoxy) is 1. The first-order chi connectivity index (χ1) is 16.0. The van der Waals surface area contributed by atoms with Crippen molar-refractivity contribution in [3.05, 3.63) is 95.1 Å². The number of aryl methyl sites for hydroxylation is 1. The quantitative estimate of drug-likeness (QED) is 0.265. The summed E-state index contributed by atoms with van der Waals surface area (Å²) >= 11 is 4.91.